The van der Waals surface area contributed by atoms with Crippen molar-refractivity contribution in [3.8, 4) is 0 Å². The molecule has 0 amide bonds. The lowest BCUT2D eigenvalue weighted by molar-refractivity contribution is 0.568. The lowest BCUT2D eigenvalue weighted by Gasteiger charge is -2.25. The van der Waals surface area contributed by atoms with Crippen LogP contribution in [0, 0.1) is 0 Å². The van der Waals surface area contributed by atoms with Crippen LogP contribution in [0.3, 0.4) is 0 Å². The third-order valence-electron chi connectivity index (χ3n) is 1.66. The van der Waals surface area contributed by atoms with Crippen molar-refractivity contribution in [2.75, 3.05) is 17.3 Å². The Morgan fingerprint density at radius 1 is 1.60 bits per heavy atom. The van der Waals surface area contributed by atoms with Gasteiger partial charge in [-0.25, -0.2) is 0 Å². The van der Waals surface area contributed by atoms with Crippen molar-refractivity contribution < 1.29 is 0 Å². The second kappa shape index (κ2) is 4.49. The largest absolute Gasteiger partial charge is 0.271 e. The predicted octanol–water partition coefficient (Wildman–Crippen LogP) is 0.687. The Labute approximate surface area is 70.7 Å². The van der Waals surface area contributed by atoms with Gasteiger partial charge in [-0.15, -0.1) is 0 Å². The maximum Gasteiger partial charge on any atom is 0.0309 e. The van der Waals surface area contributed by atoms with Gasteiger partial charge in [0.15, 0.2) is 0 Å². The summed E-state index contributed by atoms with van der Waals surface area (Å²) in [5.74, 6) is 9.16. The summed E-state index contributed by atoms with van der Waals surface area (Å²) in [6.45, 7) is 2.14. The van der Waals surface area contributed by atoms with Crippen molar-refractivity contribution >= 4 is 23.5 Å². The van der Waals surface area contributed by atoms with Crippen LogP contribution in [0.15, 0.2) is 0 Å². The number of hydrogen-bond donors (Lipinski definition) is 2. The molecule has 1 fully saturated rings. The molecule has 0 saturated carbocycles. The van der Waals surface area contributed by atoms with Gasteiger partial charge in [-0.2, -0.15) is 23.5 Å². The van der Waals surface area contributed by atoms with Gasteiger partial charge >= 0.3 is 0 Å². The number of thioether (sulfide) groups is 2. The molecular weight excluding hydrogens is 164 g/mol. The molecule has 0 aromatic carbocycles. The van der Waals surface area contributed by atoms with Crippen LogP contribution in [-0.4, -0.2) is 28.6 Å². The van der Waals surface area contributed by atoms with Gasteiger partial charge in [-0.1, -0.05) is 0 Å². The summed E-state index contributed by atoms with van der Waals surface area (Å²) in [5, 5.41) is 0.712. The van der Waals surface area contributed by atoms with Crippen molar-refractivity contribution in [1.82, 2.24) is 5.43 Å². The quantitative estimate of drug-likeness (QED) is 0.482. The molecule has 0 aliphatic carbocycles. The molecule has 3 N–H and O–H groups in total. The van der Waals surface area contributed by atoms with Crippen molar-refractivity contribution in [2.24, 2.45) is 5.84 Å². The highest BCUT2D eigenvalue weighted by Crippen LogP contribution is 2.25. The number of hydrogen-bond acceptors (Lipinski definition) is 4. The molecule has 1 saturated heterocycles. The molecule has 60 valence electrons. The van der Waals surface area contributed by atoms with Gasteiger partial charge in [0, 0.05) is 28.6 Å². The molecule has 0 radical (unpaired) electrons. The van der Waals surface area contributed by atoms with Crippen LogP contribution >= 0.6 is 23.5 Å². The van der Waals surface area contributed by atoms with Gasteiger partial charge in [0.25, 0.3) is 0 Å². The van der Waals surface area contributed by atoms with Gasteiger partial charge in [-0.05, 0) is 6.92 Å². The first-order valence-corrected chi connectivity index (χ1v) is 5.70. The number of hydrazine groups is 1. The summed E-state index contributed by atoms with van der Waals surface area (Å²) in [4.78, 5) is 0. The van der Waals surface area contributed by atoms with E-state index >= 15 is 0 Å². The molecule has 1 rings (SSSR count). The molecule has 1 aliphatic rings. The van der Waals surface area contributed by atoms with E-state index in [0.29, 0.717) is 11.3 Å². The molecule has 2 atom stereocenters. The van der Waals surface area contributed by atoms with E-state index in [-0.39, 0.29) is 0 Å². The number of rotatable bonds is 2. The maximum absolute atomic E-state index is 5.33. The van der Waals surface area contributed by atoms with Gasteiger partial charge in [-0.3, -0.25) is 11.3 Å². The van der Waals surface area contributed by atoms with Gasteiger partial charge in [0.1, 0.15) is 0 Å². The zero-order valence-electron chi connectivity index (χ0n) is 6.17. The second-order valence-electron chi connectivity index (χ2n) is 2.44. The third kappa shape index (κ3) is 2.34. The van der Waals surface area contributed by atoms with Gasteiger partial charge in [0.05, 0.1) is 0 Å². The summed E-state index contributed by atoms with van der Waals surface area (Å²) in [6, 6.07) is 0.456. The Bertz CT molecular complexity index is 93.7. The van der Waals surface area contributed by atoms with Crippen LogP contribution in [0.25, 0.3) is 0 Å². The van der Waals surface area contributed by atoms with Gasteiger partial charge < -0.3 is 0 Å². The SMILES string of the molecule is CC(NN)C1CSCCS1. The summed E-state index contributed by atoms with van der Waals surface area (Å²) < 4.78 is 0. The van der Waals surface area contributed by atoms with E-state index in [1.165, 1.54) is 17.3 Å². The van der Waals surface area contributed by atoms with E-state index in [9.17, 15) is 0 Å². The molecule has 0 aromatic rings. The Morgan fingerprint density at radius 3 is 2.90 bits per heavy atom. The number of nitrogens with one attached hydrogen (secondary N) is 1. The van der Waals surface area contributed by atoms with E-state index in [1.54, 1.807) is 0 Å². The van der Waals surface area contributed by atoms with E-state index in [0.717, 1.165) is 0 Å². The highest BCUT2D eigenvalue weighted by molar-refractivity contribution is 8.06. The van der Waals surface area contributed by atoms with Crippen LogP contribution < -0.4 is 11.3 Å². The first kappa shape index (κ1) is 8.71. The Hall–Kier alpha value is 0.620. The molecule has 0 spiro atoms. The zero-order chi connectivity index (χ0) is 7.40. The fourth-order valence-electron chi connectivity index (χ4n) is 0.902. The summed E-state index contributed by atoms with van der Waals surface area (Å²) in [5.41, 5.74) is 2.80. The molecule has 10 heavy (non-hydrogen) atoms. The van der Waals surface area contributed by atoms with E-state index in [4.69, 9.17) is 5.84 Å². The first-order valence-electron chi connectivity index (χ1n) is 3.50. The van der Waals surface area contributed by atoms with Crippen molar-refractivity contribution in [2.45, 2.75) is 18.2 Å². The minimum atomic E-state index is 0.456. The monoisotopic (exact) mass is 178 g/mol. The third-order valence-corrected chi connectivity index (χ3v) is 4.66. The van der Waals surface area contributed by atoms with E-state index in [2.05, 4.69) is 12.3 Å². The molecule has 0 aromatic heterocycles. The molecule has 1 aliphatic heterocycles. The molecular formula is C6H14N2S2. The lowest BCUT2D eigenvalue weighted by atomic mass is 10.3. The summed E-state index contributed by atoms with van der Waals surface area (Å²) in [7, 11) is 0. The molecule has 4 heteroatoms. The average molecular weight is 178 g/mol. The smallest absolute Gasteiger partial charge is 0.0309 e. The first-order chi connectivity index (χ1) is 4.84. The van der Waals surface area contributed by atoms with Gasteiger partial charge in [0.2, 0.25) is 0 Å². The minimum absolute atomic E-state index is 0.456. The second-order valence-corrected chi connectivity index (χ2v) is 4.94. The van der Waals surface area contributed by atoms with E-state index < -0.39 is 0 Å². The van der Waals surface area contributed by atoms with Crippen LogP contribution in [0.2, 0.25) is 0 Å². The average Bonchev–Trinajstić information content (AvgIpc) is 2.05. The number of nitrogens with two attached hydrogens (primary N) is 1. The fourth-order valence-corrected chi connectivity index (χ4v) is 3.79. The highest BCUT2D eigenvalue weighted by Gasteiger charge is 2.19. The molecule has 1 heterocycles. The Kier molecular flexibility index (Phi) is 3.91. The van der Waals surface area contributed by atoms with Crippen LogP contribution in [0.4, 0.5) is 0 Å². The topological polar surface area (TPSA) is 38.0 Å². The zero-order valence-corrected chi connectivity index (χ0v) is 7.80. The predicted molar refractivity (Wildman–Crippen MR) is 50.4 cm³/mol. The summed E-state index contributed by atoms with van der Waals surface area (Å²) >= 11 is 4.06. The van der Waals surface area contributed by atoms with Crippen LogP contribution in [-0.2, 0) is 0 Å². The lowest BCUT2D eigenvalue weighted by Crippen LogP contribution is -2.42. The standard InChI is InChI=1S/C6H14N2S2/c1-5(8-7)6-4-9-2-3-10-6/h5-6,8H,2-4,7H2,1H3. The van der Waals surface area contributed by atoms with Crippen molar-refractivity contribution in [1.29, 1.82) is 0 Å². The fraction of sp³-hybridized carbons (Fsp3) is 1.00. The molecule has 2 unspecified atom stereocenters. The minimum Gasteiger partial charge on any atom is -0.271 e. The van der Waals surface area contributed by atoms with Crippen molar-refractivity contribution in [3.05, 3.63) is 0 Å². The van der Waals surface area contributed by atoms with Crippen LogP contribution in [0.5, 0.6) is 0 Å². The maximum atomic E-state index is 5.33. The highest BCUT2D eigenvalue weighted by atomic mass is 32.2. The molecule has 0 bridgehead atoms. The normalized spacial score (nSPS) is 30.0. The summed E-state index contributed by atoms with van der Waals surface area (Å²) in [6.07, 6.45) is 0. The van der Waals surface area contributed by atoms with Crippen molar-refractivity contribution in [3.63, 3.8) is 0 Å². The Morgan fingerprint density at radius 2 is 2.40 bits per heavy atom. The molecule has 2 nitrogen and oxygen atoms in total. The Balaban J connectivity index is 2.24. The van der Waals surface area contributed by atoms with E-state index in [1.807, 2.05) is 23.5 Å². The van der Waals surface area contributed by atoms with Crippen LogP contribution in [0.1, 0.15) is 6.92 Å².